The molecule has 4 heteroatoms. The molecule has 20 heavy (non-hydrogen) atoms. The molecule has 0 saturated carbocycles. The van der Waals surface area contributed by atoms with Gasteiger partial charge in [-0.05, 0) is 36.2 Å². The summed E-state index contributed by atoms with van der Waals surface area (Å²) in [5.74, 6) is 0. The van der Waals surface area contributed by atoms with Gasteiger partial charge in [-0.3, -0.25) is 9.59 Å². The molecular formula is C16H16ClNO2. The number of pyridine rings is 1. The fourth-order valence-corrected chi connectivity index (χ4v) is 2.22. The molecule has 2 rings (SSSR count). The zero-order chi connectivity index (χ0) is 14.5. The Kier molecular flexibility index (Phi) is 4.74. The van der Waals surface area contributed by atoms with Crippen LogP contribution in [-0.4, -0.2) is 10.9 Å². The van der Waals surface area contributed by atoms with Gasteiger partial charge in [-0.1, -0.05) is 37.1 Å². The molecule has 0 spiro atoms. The molecule has 104 valence electrons. The van der Waals surface area contributed by atoms with Crippen molar-refractivity contribution in [3.8, 4) is 11.3 Å². The molecule has 1 aromatic carbocycles. The number of hydrogen-bond donors (Lipinski definition) is 0. The Balaban J connectivity index is 2.56. The lowest BCUT2D eigenvalue weighted by molar-refractivity contribution is 0.112. The first kappa shape index (κ1) is 14.5. The topological polar surface area (TPSA) is 39.1 Å². The highest BCUT2D eigenvalue weighted by atomic mass is 35.5. The Morgan fingerprint density at radius 2 is 1.85 bits per heavy atom. The highest BCUT2D eigenvalue weighted by Gasteiger charge is 2.09. The van der Waals surface area contributed by atoms with Crippen LogP contribution in [0.1, 0.15) is 30.1 Å². The largest absolute Gasteiger partial charge is 0.308 e. The Morgan fingerprint density at radius 1 is 1.15 bits per heavy atom. The van der Waals surface area contributed by atoms with Crippen molar-refractivity contribution >= 4 is 17.9 Å². The van der Waals surface area contributed by atoms with Crippen LogP contribution < -0.4 is 5.56 Å². The van der Waals surface area contributed by atoms with Gasteiger partial charge in [0, 0.05) is 11.6 Å². The van der Waals surface area contributed by atoms with Crippen LogP contribution in [0.4, 0.5) is 0 Å². The van der Waals surface area contributed by atoms with Crippen molar-refractivity contribution in [2.45, 2.75) is 26.3 Å². The number of nitrogens with zero attached hydrogens (tertiary/aromatic N) is 1. The standard InChI is InChI=1S/C16H16ClNO2/c1-2-3-10-18-15(9-6-13(11-19)16(18)20)12-4-7-14(17)8-5-12/h4-9,11H,2-3,10H2,1H3. The van der Waals surface area contributed by atoms with Crippen LogP contribution in [0.25, 0.3) is 11.3 Å². The van der Waals surface area contributed by atoms with E-state index in [1.807, 2.05) is 18.2 Å². The number of aromatic nitrogens is 1. The lowest BCUT2D eigenvalue weighted by atomic mass is 10.1. The average Bonchev–Trinajstić information content (AvgIpc) is 2.47. The smallest absolute Gasteiger partial charge is 0.261 e. The second-order valence-electron chi connectivity index (χ2n) is 4.61. The summed E-state index contributed by atoms with van der Waals surface area (Å²) in [5, 5.41) is 0.653. The third-order valence-corrected chi connectivity index (χ3v) is 3.46. The van der Waals surface area contributed by atoms with E-state index < -0.39 is 0 Å². The molecule has 1 aromatic heterocycles. The zero-order valence-corrected chi connectivity index (χ0v) is 12.1. The van der Waals surface area contributed by atoms with E-state index in [2.05, 4.69) is 6.92 Å². The van der Waals surface area contributed by atoms with Gasteiger partial charge < -0.3 is 4.57 Å². The van der Waals surface area contributed by atoms with E-state index in [1.165, 1.54) is 0 Å². The van der Waals surface area contributed by atoms with E-state index in [0.717, 1.165) is 24.1 Å². The third-order valence-electron chi connectivity index (χ3n) is 3.21. The number of carbonyl (C=O) groups is 1. The fraction of sp³-hybridized carbons (Fsp3) is 0.250. The maximum atomic E-state index is 12.3. The maximum absolute atomic E-state index is 12.3. The second kappa shape index (κ2) is 6.53. The molecule has 3 nitrogen and oxygen atoms in total. The van der Waals surface area contributed by atoms with Crippen molar-refractivity contribution < 1.29 is 4.79 Å². The molecule has 0 fully saturated rings. The highest BCUT2D eigenvalue weighted by molar-refractivity contribution is 6.30. The van der Waals surface area contributed by atoms with Crippen LogP contribution in [0.15, 0.2) is 41.2 Å². The van der Waals surface area contributed by atoms with E-state index in [0.29, 0.717) is 17.9 Å². The van der Waals surface area contributed by atoms with Crippen molar-refractivity contribution in [1.29, 1.82) is 0 Å². The van der Waals surface area contributed by atoms with Gasteiger partial charge in [0.15, 0.2) is 6.29 Å². The molecule has 1 heterocycles. The lowest BCUT2D eigenvalue weighted by Crippen LogP contribution is -2.25. The quantitative estimate of drug-likeness (QED) is 0.786. The Bertz CT molecular complexity index is 659. The molecule has 0 N–H and O–H groups in total. The summed E-state index contributed by atoms with van der Waals surface area (Å²) in [6, 6.07) is 10.7. The number of rotatable bonds is 5. The Labute approximate surface area is 122 Å². The van der Waals surface area contributed by atoms with E-state index >= 15 is 0 Å². The summed E-state index contributed by atoms with van der Waals surface area (Å²) in [6.07, 6.45) is 2.48. The van der Waals surface area contributed by atoms with Gasteiger partial charge in [-0.15, -0.1) is 0 Å². The van der Waals surface area contributed by atoms with Crippen molar-refractivity contribution in [3.63, 3.8) is 0 Å². The number of unbranched alkanes of at least 4 members (excludes halogenated alkanes) is 1. The van der Waals surface area contributed by atoms with Gasteiger partial charge in [0.25, 0.3) is 5.56 Å². The van der Waals surface area contributed by atoms with Gasteiger partial charge in [-0.2, -0.15) is 0 Å². The van der Waals surface area contributed by atoms with Crippen LogP contribution >= 0.6 is 11.6 Å². The lowest BCUT2D eigenvalue weighted by Gasteiger charge is -2.13. The molecule has 0 aliphatic heterocycles. The number of benzene rings is 1. The van der Waals surface area contributed by atoms with Crippen molar-refractivity contribution in [2.24, 2.45) is 0 Å². The first-order chi connectivity index (χ1) is 9.67. The fourth-order valence-electron chi connectivity index (χ4n) is 2.10. The number of halogens is 1. The van der Waals surface area contributed by atoms with Crippen LogP contribution in [0.5, 0.6) is 0 Å². The Hall–Kier alpha value is -1.87. The van der Waals surface area contributed by atoms with E-state index in [1.54, 1.807) is 22.8 Å². The second-order valence-corrected chi connectivity index (χ2v) is 5.05. The van der Waals surface area contributed by atoms with Crippen LogP contribution in [0.2, 0.25) is 5.02 Å². The van der Waals surface area contributed by atoms with Crippen LogP contribution in [0.3, 0.4) is 0 Å². The number of hydrogen-bond acceptors (Lipinski definition) is 2. The average molecular weight is 290 g/mol. The summed E-state index contributed by atoms with van der Waals surface area (Å²) >= 11 is 5.89. The molecule has 0 unspecified atom stereocenters. The predicted molar refractivity (Wildman–Crippen MR) is 81.4 cm³/mol. The zero-order valence-electron chi connectivity index (χ0n) is 11.3. The molecule has 0 aliphatic carbocycles. The van der Waals surface area contributed by atoms with Crippen molar-refractivity contribution in [2.75, 3.05) is 0 Å². The van der Waals surface area contributed by atoms with Crippen molar-refractivity contribution in [1.82, 2.24) is 4.57 Å². The summed E-state index contributed by atoms with van der Waals surface area (Å²) in [5.41, 5.74) is 1.69. The minimum atomic E-state index is -0.235. The van der Waals surface area contributed by atoms with E-state index in [-0.39, 0.29) is 11.1 Å². The van der Waals surface area contributed by atoms with Gasteiger partial charge >= 0.3 is 0 Å². The van der Waals surface area contributed by atoms with Gasteiger partial charge in [0.1, 0.15) is 0 Å². The third kappa shape index (κ3) is 2.99. The SMILES string of the molecule is CCCCn1c(-c2ccc(Cl)cc2)ccc(C=O)c1=O. The van der Waals surface area contributed by atoms with Gasteiger partial charge in [-0.25, -0.2) is 0 Å². The molecule has 2 aromatic rings. The summed E-state index contributed by atoms with van der Waals surface area (Å²) in [6.45, 7) is 2.67. The molecule has 0 radical (unpaired) electrons. The first-order valence-corrected chi connectivity index (χ1v) is 7.00. The summed E-state index contributed by atoms with van der Waals surface area (Å²) in [4.78, 5) is 23.2. The van der Waals surface area contributed by atoms with Gasteiger partial charge in [0.05, 0.1) is 11.3 Å². The molecule has 0 atom stereocenters. The summed E-state index contributed by atoms with van der Waals surface area (Å²) in [7, 11) is 0. The summed E-state index contributed by atoms with van der Waals surface area (Å²) < 4.78 is 1.66. The van der Waals surface area contributed by atoms with E-state index in [4.69, 9.17) is 11.6 Å². The predicted octanol–water partition coefficient (Wildman–Crippen LogP) is 3.78. The van der Waals surface area contributed by atoms with Crippen LogP contribution in [-0.2, 0) is 6.54 Å². The minimum Gasteiger partial charge on any atom is -0.308 e. The minimum absolute atomic E-state index is 0.193. The molecule has 0 bridgehead atoms. The first-order valence-electron chi connectivity index (χ1n) is 6.62. The molecule has 0 aliphatic rings. The number of carbonyl (C=O) groups excluding carboxylic acids is 1. The van der Waals surface area contributed by atoms with Crippen LogP contribution in [0, 0.1) is 0 Å². The molecule has 0 amide bonds. The van der Waals surface area contributed by atoms with Gasteiger partial charge in [0.2, 0.25) is 0 Å². The van der Waals surface area contributed by atoms with Crippen molar-refractivity contribution in [3.05, 3.63) is 57.3 Å². The molecular weight excluding hydrogens is 274 g/mol. The monoisotopic (exact) mass is 289 g/mol. The maximum Gasteiger partial charge on any atom is 0.261 e. The normalized spacial score (nSPS) is 10.5. The van der Waals surface area contributed by atoms with E-state index in [9.17, 15) is 9.59 Å². The number of aldehydes is 1. The Morgan fingerprint density at radius 3 is 2.45 bits per heavy atom. The highest BCUT2D eigenvalue weighted by Crippen LogP contribution is 2.21. The molecule has 0 saturated heterocycles.